The van der Waals surface area contributed by atoms with Crippen LogP contribution in [-0.2, 0) is 26.6 Å². The van der Waals surface area contributed by atoms with Gasteiger partial charge in [0.25, 0.3) is 0 Å². The van der Waals surface area contributed by atoms with Gasteiger partial charge in [-0.25, -0.2) is 8.42 Å². The van der Waals surface area contributed by atoms with Crippen LogP contribution in [0.5, 0.6) is 0 Å². The van der Waals surface area contributed by atoms with E-state index in [4.69, 9.17) is 9.84 Å². The molecule has 0 bridgehead atoms. The van der Waals surface area contributed by atoms with E-state index in [-0.39, 0.29) is 18.1 Å². The summed E-state index contributed by atoms with van der Waals surface area (Å²) in [7, 11) is -0.794. The summed E-state index contributed by atoms with van der Waals surface area (Å²) in [5, 5.41) is 12.9. The Hall–Kier alpha value is -1.45. The molecule has 0 saturated carbocycles. The highest BCUT2D eigenvalue weighted by molar-refractivity contribution is 7.89. The minimum Gasteiger partial charge on any atom is -0.481 e. The second-order valence-corrected chi connectivity index (χ2v) is 6.42. The number of hydrogen-bond donors (Lipinski definition) is 1. The molecule has 0 aromatic carbocycles. The number of nitrogens with zero attached hydrogens (tertiary/aromatic N) is 3. The molecule has 0 radical (unpaired) electrons. The van der Waals surface area contributed by atoms with E-state index in [2.05, 4.69) is 5.10 Å². The molecule has 1 aromatic heterocycles. The summed E-state index contributed by atoms with van der Waals surface area (Å²) in [5.41, 5.74) is 0. The average Bonchev–Trinajstić information content (AvgIpc) is 2.95. The summed E-state index contributed by atoms with van der Waals surface area (Å²) >= 11 is 0. The van der Waals surface area contributed by atoms with Crippen LogP contribution in [0.3, 0.4) is 0 Å². The molecule has 0 aliphatic carbocycles. The molecule has 1 aromatic rings. The zero-order chi connectivity index (χ0) is 14.2. The smallest absolute Gasteiger partial charge is 0.310 e. The number of ether oxygens (including phenoxy) is 1. The van der Waals surface area contributed by atoms with E-state index in [0.29, 0.717) is 0 Å². The SMILES string of the molecule is CN(C1COCC1C(=O)O)S(=O)(=O)c1cnn(C)c1. The average molecular weight is 289 g/mol. The third kappa shape index (κ3) is 2.48. The van der Waals surface area contributed by atoms with E-state index in [9.17, 15) is 13.2 Å². The van der Waals surface area contributed by atoms with Crippen molar-refractivity contribution in [1.82, 2.24) is 14.1 Å². The normalized spacial score (nSPS) is 23.9. The maximum Gasteiger partial charge on any atom is 0.310 e. The highest BCUT2D eigenvalue weighted by Crippen LogP contribution is 2.24. The van der Waals surface area contributed by atoms with E-state index < -0.39 is 28.0 Å². The summed E-state index contributed by atoms with van der Waals surface area (Å²) < 4.78 is 32.2. The second-order valence-electron chi connectivity index (χ2n) is 4.42. The van der Waals surface area contributed by atoms with Gasteiger partial charge in [0.15, 0.2) is 0 Å². The molecule has 1 fully saturated rings. The molecule has 8 nitrogen and oxygen atoms in total. The van der Waals surface area contributed by atoms with Crippen molar-refractivity contribution < 1.29 is 23.1 Å². The van der Waals surface area contributed by atoms with Crippen molar-refractivity contribution in [1.29, 1.82) is 0 Å². The Kier molecular flexibility index (Phi) is 3.61. The summed E-state index contributed by atoms with van der Waals surface area (Å²) in [6.45, 7) is 0.0971. The first-order chi connectivity index (χ1) is 8.84. The van der Waals surface area contributed by atoms with Gasteiger partial charge in [0.2, 0.25) is 10.0 Å². The zero-order valence-corrected chi connectivity index (χ0v) is 11.4. The van der Waals surface area contributed by atoms with Crippen molar-refractivity contribution in [2.75, 3.05) is 20.3 Å². The minimum absolute atomic E-state index is 0.0207. The Morgan fingerprint density at radius 3 is 2.79 bits per heavy atom. The zero-order valence-electron chi connectivity index (χ0n) is 10.6. The van der Waals surface area contributed by atoms with E-state index in [1.54, 1.807) is 7.05 Å². The number of carboxylic acid groups (broad SMARTS) is 1. The molecule has 2 rings (SSSR count). The first kappa shape index (κ1) is 14.0. The maximum absolute atomic E-state index is 12.3. The van der Waals surface area contributed by atoms with Gasteiger partial charge in [-0.1, -0.05) is 0 Å². The number of aliphatic carboxylic acids is 1. The molecule has 19 heavy (non-hydrogen) atoms. The highest BCUT2D eigenvalue weighted by atomic mass is 32.2. The summed E-state index contributed by atoms with van der Waals surface area (Å²) in [6.07, 6.45) is 2.61. The number of likely N-dealkylation sites (N-methyl/N-ethyl adjacent to an activating group) is 1. The summed E-state index contributed by atoms with van der Waals surface area (Å²) in [6, 6.07) is -0.706. The monoisotopic (exact) mass is 289 g/mol. The fraction of sp³-hybridized carbons (Fsp3) is 0.600. The van der Waals surface area contributed by atoms with Gasteiger partial charge in [-0.15, -0.1) is 0 Å². The van der Waals surface area contributed by atoms with Gasteiger partial charge >= 0.3 is 5.97 Å². The quantitative estimate of drug-likeness (QED) is 0.774. The molecule has 2 unspecified atom stereocenters. The van der Waals surface area contributed by atoms with Crippen molar-refractivity contribution >= 4 is 16.0 Å². The van der Waals surface area contributed by atoms with Gasteiger partial charge in [0.05, 0.1) is 31.4 Å². The number of rotatable bonds is 4. The lowest BCUT2D eigenvalue weighted by molar-refractivity contribution is -0.142. The Morgan fingerprint density at radius 1 is 1.58 bits per heavy atom. The molecule has 1 aliphatic heterocycles. The molecule has 0 amide bonds. The fourth-order valence-electron chi connectivity index (χ4n) is 2.01. The van der Waals surface area contributed by atoms with Gasteiger partial charge in [-0.2, -0.15) is 9.40 Å². The Bertz CT molecular complexity index is 582. The molecular formula is C10H15N3O5S. The van der Waals surface area contributed by atoms with Gasteiger partial charge in [-0.05, 0) is 0 Å². The van der Waals surface area contributed by atoms with Crippen molar-refractivity contribution in [3.8, 4) is 0 Å². The maximum atomic E-state index is 12.3. The van der Waals surface area contributed by atoms with Crippen LogP contribution in [0, 0.1) is 5.92 Å². The standard InChI is InChI=1S/C10H15N3O5S/c1-12-4-7(3-11-12)19(16,17)13(2)9-6-18-5-8(9)10(14)15/h3-4,8-9H,5-6H2,1-2H3,(H,14,15). The van der Waals surface area contributed by atoms with Crippen LogP contribution in [-0.4, -0.2) is 59.9 Å². The van der Waals surface area contributed by atoms with Crippen molar-refractivity contribution in [3.05, 3.63) is 12.4 Å². The predicted octanol–water partition coefficient (Wildman–Crippen LogP) is -0.860. The number of aryl methyl sites for hydroxylation is 1. The summed E-state index contributed by atoms with van der Waals surface area (Å²) in [4.78, 5) is 11.1. The summed E-state index contributed by atoms with van der Waals surface area (Å²) in [5.74, 6) is -1.91. The lowest BCUT2D eigenvalue weighted by Crippen LogP contribution is -2.43. The van der Waals surface area contributed by atoms with E-state index >= 15 is 0 Å². The number of aromatic nitrogens is 2. The minimum atomic E-state index is -3.76. The van der Waals surface area contributed by atoms with Crippen LogP contribution >= 0.6 is 0 Å². The lowest BCUT2D eigenvalue weighted by Gasteiger charge is -2.24. The van der Waals surface area contributed by atoms with Crippen LogP contribution < -0.4 is 0 Å². The molecule has 1 aliphatic rings. The topological polar surface area (TPSA) is 102 Å². The first-order valence-electron chi connectivity index (χ1n) is 5.61. The Morgan fingerprint density at radius 2 is 2.26 bits per heavy atom. The van der Waals surface area contributed by atoms with Crippen molar-refractivity contribution in [2.24, 2.45) is 13.0 Å². The van der Waals surface area contributed by atoms with Gasteiger partial charge in [0.1, 0.15) is 4.90 Å². The highest BCUT2D eigenvalue weighted by Gasteiger charge is 2.41. The molecule has 2 atom stereocenters. The predicted molar refractivity (Wildman–Crippen MR) is 63.9 cm³/mol. The first-order valence-corrected chi connectivity index (χ1v) is 7.05. The molecular weight excluding hydrogens is 274 g/mol. The van der Waals surface area contributed by atoms with Crippen LogP contribution in [0.1, 0.15) is 0 Å². The molecule has 1 saturated heterocycles. The Labute approximate surface area is 110 Å². The second kappa shape index (κ2) is 4.91. The van der Waals surface area contributed by atoms with E-state index in [1.165, 1.54) is 24.1 Å². The third-order valence-electron chi connectivity index (χ3n) is 3.19. The van der Waals surface area contributed by atoms with Crippen LogP contribution in [0.4, 0.5) is 0 Å². The number of hydrogen-bond acceptors (Lipinski definition) is 5. The molecule has 106 valence electrons. The molecule has 9 heteroatoms. The van der Waals surface area contributed by atoms with Gasteiger partial charge in [-0.3, -0.25) is 9.48 Å². The number of carboxylic acids is 1. The van der Waals surface area contributed by atoms with Crippen LogP contribution in [0.25, 0.3) is 0 Å². The molecule has 1 N–H and O–H groups in total. The third-order valence-corrected chi connectivity index (χ3v) is 5.03. The van der Waals surface area contributed by atoms with Crippen molar-refractivity contribution in [2.45, 2.75) is 10.9 Å². The van der Waals surface area contributed by atoms with E-state index in [1.807, 2.05) is 0 Å². The molecule has 2 heterocycles. The number of sulfonamides is 1. The van der Waals surface area contributed by atoms with Gasteiger partial charge in [0, 0.05) is 20.3 Å². The molecule has 0 spiro atoms. The lowest BCUT2D eigenvalue weighted by atomic mass is 10.1. The largest absolute Gasteiger partial charge is 0.481 e. The van der Waals surface area contributed by atoms with Crippen LogP contribution in [0.2, 0.25) is 0 Å². The van der Waals surface area contributed by atoms with Crippen molar-refractivity contribution in [3.63, 3.8) is 0 Å². The van der Waals surface area contributed by atoms with Crippen LogP contribution in [0.15, 0.2) is 17.3 Å². The van der Waals surface area contributed by atoms with Gasteiger partial charge < -0.3 is 9.84 Å². The Balaban J connectivity index is 2.28. The number of carbonyl (C=O) groups is 1. The van der Waals surface area contributed by atoms with E-state index in [0.717, 1.165) is 4.31 Å². The fourth-order valence-corrected chi connectivity index (χ4v) is 3.38.